The molecule has 0 atom stereocenters. The summed E-state index contributed by atoms with van der Waals surface area (Å²) in [6, 6.07) is 9.04. The molecule has 1 aliphatic rings. The fraction of sp³-hybridized carbons (Fsp3) is 0.316. The summed E-state index contributed by atoms with van der Waals surface area (Å²) in [5, 5.41) is 13.8. The second-order valence-corrected chi connectivity index (χ2v) is 6.05. The number of carbonyl (C=O) groups is 1. The smallest absolute Gasteiger partial charge is 0.276 e. The molecule has 1 aromatic heterocycles. The number of hydrogen-bond donors (Lipinski definition) is 2. The first kappa shape index (κ1) is 17.1. The Morgan fingerprint density at radius 1 is 1.16 bits per heavy atom. The fourth-order valence-corrected chi connectivity index (χ4v) is 2.79. The van der Waals surface area contributed by atoms with Gasteiger partial charge in [-0.2, -0.15) is 0 Å². The van der Waals surface area contributed by atoms with Crippen molar-refractivity contribution in [3.8, 4) is 0 Å². The highest BCUT2D eigenvalue weighted by Gasteiger charge is 2.09. The summed E-state index contributed by atoms with van der Waals surface area (Å²) in [7, 11) is 0. The predicted molar refractivity (Wildman–Crippen MR) is 96.0 cm³/mol. The monoisotopic (exact) mass is 340 g/mol. The standard InChI is InChI=1S/C19H21FN4O/c20-15-7-4-8-16(13-15)22-19(25)17-9-10-18(24-23-17)21-12-11-14-5-2-1-3-6-14/h4-5,7-10,13H,1-3,6,11-12H2,(H,21,24)(H,22,25). The third-order valence-electron chi connectivity index (χ3n) is 4.12. The Bertz CT molecular complexity index is 758. The molecule has 0 radical (unpaired) electrons. The summed E-state index contributed by atoms with van der Waals surface area (Å²) < 4.78 is 13.1. The highest BCUT2D eigenvalue weighted by atomic mass is 19.1. The molecular formula is C19H21FN4O. The lowest BCUT2D eigenvalue weighted by Crippen LogP contribution is -2.15. The Labute approximate surface area is 146 Å². The molecule has 0 bridgehead atoms. The van der Waals surface area contributed by atoms with Gasteiger partial charge in [0.05, 0.1) is 0 Å². The zero-order valence-corrected chi connectivity index (χ0v) is 14.0. The summed E-state index contributed by atoms with van der Waals surface area (Å²) in [5.74, 6) is -0.188. The Morgan fingerprint density at radius 2 is 2.08 bits per heavy atom. The van der Waals surface area contributed by atoms with Gasteiger partial charge >= 0.3 is 0 Å². The van der Waals surface area contributed by atoms with E-state index in [2.05, 4.69) is 26.9 Å². The lowest BCUT2D eigenvalue weighted by molar-refractivity contribution is 0.102. The predicted octanol–water partition coefficient (Wildman–Crippen LogP) is 4.17. The van der Waals surface area contributed by atoms with Gasteiger partial charge in [-0.1, -0.05) is 17.7 Å². The van der Waals surface area contributed by atoms with Crippen LogP contribution in [0.15, 0.2) is 48.0 Å². The van der Waals surface area contributed by atoms with Crippen molar-refractivity contribution in [2.45, 2.75) is 32.1 Å². The van der Waals surface area contributed by atoms with Crippen molar-refractivity contribution in [2.24, 2.45) is 0 Å². The average Bonchev–Trinajstić information content (AvgIpc) is 2.63. The van der Waals surface area contributed by atoms with Crippen LogP contribution in [0.25, 0.3) is 0 Å². The van der Waals surface area contributed by atoms with E-state index in [1.54, 1.807) is 18.2 Å². The van der Waals surface area contributed by atoms with Crippen LogP contribution < -0.4 is 10.6 Å². The molecule has 0 saturated carbocycles. The number of nitrogens with zero attached hydrogens (tertiary/aromatic N) is 2. The van der Waals surface area contributed by atoms with E-state index in [9.17, 15) is 9.18 Å². The van der Waals surface area contributed by atoms with Gasteiger partial charge in [0.2, 0.25) is 0 Å². The molecule has 3 rings (SSSR count). The van der Waals surface area contributed by atoms with E-state index in [-0.39, 0.29) is 5.69 Å². The van der Waals surface area contributed by atoms with Crippen LogP contribution in [0, 0.1) is 5.82 Å². The molecule has 6 heteroatoms. The molecule has 0 saturated heterocycles. The maximum absolute atomic E-state index is 13.1. The van der Waals surface area contributed by atoms with E-state index in [4.69, 9.17) is 0 Å². The van der Waals surface area contributed by atoms with Crippen LogP contribution in [0.1, 0.15) is 42.6 Å². The van der Waals surface area contributed by atoms with Crippen molar-refractivity contribution in [3.63, 3.8) is 0 Å². The lowest BCUT2D eigenvalue weighted by atomic mass is 9.97. The number of benzene rings is 1. The number of anilines is 2. The van der Waals surface area contributed by atoms with Gasteiger partial charge in [0.25, 0.3) is 5.91 Å². The lowest BCUT2D eigenvalue weighted by Gasteiger charge is -2.13. The number of hydrogen-bond acceptors (Lipinski definition) is 4. The molecule has 2 N–H and O–H groups in total. The minimum absolute atomic E-state index is 0.185. The first-order valence-corrected chi connectivity index (χ1v) is 8.53. The Hall–Kier alpha value is -2.76. The van der Waals surface area contributed by atoms with Gasteiger partial charge < -0.3 is 10.6 Å². The number of nitrogens with one attached hydrogen (secondary N) is 2. The van der Waals surface area contributed by atoms with Gasteiger partial charge in [-0.3, -0.25) is 4.79 Å². The van der Waals surface area contributed by atoms with Gasteiger partial charge in [-0.25, -0.2) is 4.39 Å². The van der Waals surface area contributed by atoms with E-state index in [0.29, 0.717) is 11.5 Å². The molecule has 5 nitrogen and oxygen atoms in total. The van der Waals surface area contributed by atoms with Gasteiger partial charge in [-0.15, -0.1) is 10.2 Å². The van der Waals surface area contributed by atoms with Crippen LogP contribution in [-0.4, -0.2) is 22.6 Å². The molecule has 25 heavy (non-hydrogen) atoms. The van der Waals surface area contributed by atoms with Crippen molar-refractivity contribution < 1.29 is 9.18 Å². The number of aromatic nitrogens is 2. The van der Waals surface area contributed by atoms with Gasteiger partial charge in [-0.05, 0) is 62.4 Å². The molecule has 1 aromatic carbocycles. The number of amides is 1. The molecule has 0 spiro atoms. The van der Waals surface area contributed by atoms with Crippen LogP contribution in [-0.2, 0) is 0 Å². The number of allylic oxidation sites excluding steroid dienone is 1. The number of carbonyl (C=O) groups excluding carboxylic acids is 1. The summed E-state index contributed by atoms with van der Waals surface area (Å²) in [6.07, 6.45) is 8.28. The van der Waals surface area contributed by atoms with Crippen LogP contribution in [0.2, 0.25) is 0 Å². The molecule has 2 aromatic rings. The van der Waals surface area contributed by atoms with Crippen molar-refractivity contribution in [1.29, 1.82) is 0 Å². The van der Waals surface area contributed by atoms with E-state index < -0.39 is 11.7 Å². The average molecular weight is 340 g/mol. The normalized spacial score (nSPS) is 13.9. The van der Waals surface area contributed by atoms with E-state index in [1.807, 2.05) is 0 Å². The van der Waals surface area contributed by atoms with E-state index >= 15 is 0 Å². The zero-order valence-electron chi connectivity index (χ0n) is 14.0. The second-order valence-electron chi connectivity index (χ2n) is 6.05. The Morgan fingerprint density at radius 3 is 2.80 bits per heavy atom. The minimum atomic E-state index is -0.419. The fourth-order valence-electron chi connectivity index (χ4n) is 2.79. The zero-order chi connectivity index (χ0) is 17.5. The molecule has 1 heterocycles. The Kier molecular flexibility index (Phi) is 5.72. The van der Waals surface area contributed by atoms with E-state index in [1.165, 1.54) is 49.5 Å². The maximum Gasteiger partial charge on any atom is 0.276 e. The quantitative estimate of drug-likeness (QED) is 0.775. The molecule has 0 aliphatic heterocycles. The molecule has 0 fully saturated rings. The topological polar surface area (TPSA) is 66.9 Å². The first-order valence-electron chi connectivity index (χ1n) is 8.53. The first-order chi connectivity index (χ1) is 12.2. The minimum Gasteiger partial charge on any atom is -0.368 e. The summed E-state index contributed by atoms with van der Waals surface area (Å²) in [6.45, 7) is 0.801. The molecule has 130 valence electrons. The van der Waals surface area contributed by atoms with Crippen LogP contribution in [0.5, 0.6) is 0 Å². The van der Waals surface area contributed by atoms with Crippen molar-refractivity contribution in [3.05, 3.63) is 59.6 Å². The number of rotatable bonds is 6. The van der Waals surface area contributed by atoms with E-state index in [0.717, 1.165) is 13.0 Å². The van der Waals surface area contributed by atoms with Gasteiger partial charge in [0, 0.05) is 12.2 Å². The van der Waals surface area contributed by atoms with Crippen molar-refractivity contribution in [2.75, 3.05) is 17.2 Å². The van der Waals surface area contributed by atoms with Gasteiger partial charge in [0.15, 0.2) is 5.69 Å². The SMILES string of the molecule is O=C(Nc1cccc(F)c1)c1ccc(NCCC2=CCCCC2)nn1. The Balaban J connectivity index is 1.51. The third kappa shape index (κ3) is 5.11. The van der Waals surface area contributed by atoms with Crippen molar-refractivity contribution >= 4 is 17.4 Å². The van der Waals surface area contributed by atoms with Gasteiger partial charge in [0.1, 0.15) is 11.6 Å². The maximum atomic E-state index is 13.1. The van der Waals surface area contributed by atoms with Crippen LogP contribution in [0.3, 0.4) is 0 Å². The third-order valence-corrected chi connectivity index (χ3v) is 4.12. The van der Waals surface area contributed by atoms with Crippen molar-refractivity contribution in [1.82, 2.24) is 10.2 Å². The molecule has 1 amide bonds. The largest absolute Gasteiger partial charge is 0.368 e. The summed E-state index contributed by atoms with van der Waals surface area (Å²) in [5.41, 5.74) is 2.07. The second kappa shape index (κ2) is 8.37. The highest BCUT2D eigenvalue weighted by molar-refractivity contribution is 6.02. The summed E-state index contributed by atoms with van der Waals surface area (Å²) in [4.78, 5) is 12.1. The summed E-state index contributed by atoms with van der Waals surface area (Å²) >= 11 is 0. The van der Waals surface area contributed by atoms with Crippen LogP contribution in [0.4, 0.5) is 15.9 Å². The highest BCUT2D eigenvalue weighted by Crippen LogP contribution is 2.20. The number of halogens is 1. The molecular weight excluding hydrogens is 319 g/mol. The molecule has 0 unspecified atom stereocenters. The molecule has 1 aliphatic carbocycles. The van der Waals surface area contributed by atoms with Crippen LogP contribution >= 0.6 is 0 Å².